The molecule has 0 aliphatic heterocycles. The second kappa shape index (κ2) is 8.51. The van der Waals surface area contributed by atoms with Gasteiger partial charge in [-0.2, -0.15) is 0 Å². The van der Waals surface area contributed by atoms with E-state index < -0.39 is 0 Å². The number of ether oxygens (including phenoxy) is 1. The second-order valence-electron chi connectivity index (χ2n) is 6.05. The summed E-state index contributed by atoms with van der Waals surface area (Å²) < 4.78 is 5.71. The summed E-state index contributed by atoms with van der Waals surface area (Å²) >= 11 is 5.96. The molecule has 6 nitrogen and oxygen atoms in total. The highest BCUT2D eigenvalue weighted by Crippen LogP contribution is 2.25. The lowest BCUT2D eigenvalue weighted by molar-refractivity contribution is 0.102. The van der Waals surface area contributed by atoms with Crippen LogP contribution in [0.3, 0.4) is 0 Å². The van der Waals surface area contributed by atoms with Crippen molar-refractivity contribution in [1.82, 2.24) is 9.97 Å². The molecule has 0 saturated carbocycles. The highest BCUT2D eigenvalue weighted by atomic mass is 35.5. The van der Waals surface area contributed by atoms with Crippen LogP contribution in [0, 0.1) is 0 Å². The minimum absolute atomic E-state index is 0.00299. The topological polar surface area (TPSA) is 76.1 Å². The van der Waals surface area contributed by atoms with Crippen LogP contribution in [-0.4, -0.2) is 22.0 Å². The van der Waals surface area contributed by atoms with Crippen LogP contribution in [0.2, 0.25) is 5.02 Å². The lowest BCUT2D eigenvalue weighted by atomic mass is 10.2. The van der Waals surface area contributed by atoms with Gasteiger partial charge in [0.05, 0.1) is 17.4 Å². The van der Waals surface area contributed by atoms with Gasteiger partial charge in [-0.05, 0) is 44.2 Å². The normalized spacial score (nSPS) is 10.5. The summed E-state index contributed by atoms with van der Waals surface area (Å²) in [6.07, 6.45) is 2.92. The number of hydrogen-bond acceptors (Lipinski definition) is 5. The van der Waals surface area contributed by atoms with Crippen molar-refractivity contribution in [1.29, 1.82) is 0 Å². The molecule has 0 radical (unpaired) electrons. The number of carbonyl (C=O) groups excluding carboxylic acids is 1. The molecule has 1 heterocycles. The third-order valence-corrected chi connectivity index (χ3v) is 3.73. The van der Waals surface area contributed by atoms with Gasteiger partial charge in [0, 0.05) is 23.1 Å². The molecule has 0 spiro atoms. The van der Waals surface area contributed by atoms with E-state index >= 15 is 0 Å². The first-order valence-corrected chi connectivity index (χ1v) is 8.81. The second-order valence-corrected chi connectivity index (χ2v) is 6.48. The van der Waals surface area contributed by atoms with Crippen LogP contribution in [0.4, 0.5) is 17.3 Å². The Morgan fingerprint density at radius 1 is 1.07 bits per heavy atom. The molecule has 1 amide bonds. The Hall–Kier alpha value is -3.12. The summed E-state index contributed by atoms with van der Waals surface area (Å²) in [5.74, 6) is 0.669. The molecule has 3 aromatic rings. The molecule has 2 N–H and O–H groups in total. The lowest BCUT2D eigenvalue weighted by Crippen LogP contribution is -2.15. The number of hydrogen-bond donors (Lipinski definition) is 2. The zero-order valence-corrected chi connectivity index (χ0v) is 15.7. The van der Waals surface area contributed by atoms with Gasteiger partial charge in [0.2, 0.25) is 5.95 Å². The fraction of sp³-hybridized carbons (Fsp3) is 0.150. The van der Waals surface area contributed by atoms with Crippen LogP contribution >= 0.6 is 11.6 Å². The number of nitrogens with zero attached hydrogens (tertiary/aromatic N) is 2. The molecule has 0 bridgehead atoms. The summed E-state index contributed by atoms with van der Waals surface area (Å²) in [6, 6.07) is 14.5. The van der Waals surface area contributed by atoms with E-state index in [2.05, 4.69) is 20.6 Å². The summed E-state index contributed by atoms with van der Waals surface area (Å²) in [7, 11) is 0. The van der Waals surface area contributed by atoms with Crippen molar-refractivity contribution in [3.05, 3.63) is 71.5 Å². The van der Waals surface area contributed by atoms with Gasteiger partial charge in [0.1, 0.15) is 5.75 Å². The first kappa shape index (κ1) is 18.7. The number of amides is 1. The number of nitrogens with one attached hydrogen (secondary N) is 2. The van der Waals surface area contributed by atoms with Crippen molar-refractivity contribution in [2.24, 2.45) is 0 Å². The number of carbonyl (C=O) groups is 1. The van der Waals surface area contributed by atoms with Crippen molar-refractivity contribution < 1.29 is 9.53 Å². The van der Waals surface area contributed by atoms with Gasteiger partial charge in [0.15, 0.2) is 0 Å². The van der Waals surface area contributed by atoms with Gasteiger partial charge < -0.3 is 15.4 Å². The van der Waals surface area contributed by atoms with Crippen LogP contribution in [0.1, 0.15) is 24.2 Å². The molecule has 0 unspecified atom stereocenters. The third-order valence-electron chi connectivity index (χ3n) is 3.49. The molecule has 0 saturated heterocycles. The van der Waals surface area contributed by atoms with Gasteiger partial charge in [-0.3, -0.25) is 4.79 Å². The minimum atomic E-state index is -0.316. The van der Waals surface area contributed by atoms with Gasteiger partial charge in [0.25, 0.3) is 5.91 Å². The van der Waals surface area contributed by atoms with Crippen LogP contribution in [0.15, 0.2) is 60.9 Å². The van der Waals surface area contributed by atoms with Gasteiger partial charge >= 0.3 is 0 Å². The van der Waals surface area contributed by atoms with Crippen LogP contribution in [0.5, 0.6) is 5.75 Å². The summed E-state index contributed by atoms with van der Waals surface area (Å²) in [5.41, 5.74) is 1.70. The summed E-state index contributed by atoms with van der Waals surface area (Å²) in [5, 5.41) is 6.47. The molecule has 0 fully saturated rings. The molecule has 7 heteroatoms. The number of para-hydroxylation sites is 2. The first-order chi connectivity index (χ1) is 13.0. The Bertz CT molecular complexity index is 929. The minimum Gasteiger partial charge on any atom is -0.489 e. The smallest absolute Gasteiger partial charge is 0.258 e. The maximum atomic E-state index is 12.5. The van der Waals surface area contributed by atoms with E-state index in [1.807, 2.05) is 44.2 Å². The van der Waals surface area contributed by atoms with Gasteiger partial charge in [-0.25, -0.2) is 9.97 Å². The fourth-order valence-corrected chi connectivity index (χ4v) is 2.52. The van der Waals surface area contributed by atoms with E-state index in [1.165, 1.54) is 12.4 Å². The number of aromatic nitrogens is 2. The molecule has 1 aromatic heterocycles. The Labute approximate surface area is 162 Å². The van der Waals surface area contributed by atoms with Crippen molar-refractivity contribution in [2.45, 2.75) is 20.0 Å². The fourth-order valence-electron chi connectivity index (χ4n) is 2.33. The molecule has 0 aliphatic carbocycles. The monoisotopic (exact) mass is 382 g/mol. The predicted molar refractivity (Wildman–Crippen MR) is 107 cm³/mol. The lowest BCUT2D eigenvalue weighted by Gasteiger charge is -2.14. The molecule has 2 aromatic carbocycles. The predicted octanol–water partition coefficient (Wildman–Crippen LogP) is 4.91. The molecular weight excluding hydrogens is 364 g/mol. The van der Waals surface area contributed by atoms with E-state index in [9.17, 15) is 4.79 Å². The zero-order valence-electron chi connectivity index (χ0n) is 14.9. The summed E-state index contributed by atoms with van der Waals surface area (Å²) in [4.78, 5) is 20.8. The largest absolute Gasteiger partial charge is 0.489 e. The Balaban J connectivity index is 1.69. The number of benzene rings is 2. The molecular formula is C20H19ClN4O2. The first-order valence-electron chi connectivity index (χ1n) is 8.43. The Morgan fingerprint density at radius 2 is 1.81 bits per heavy atom. The average molecular weight is 383 g/mol. The van der Waals surface area contributed by atoms with Gasteiger partial charge in [-0.15, -0.1) is 0 Å². The number of halogens is 1. The standard InChI is InChI=1S/C20H19ClN4O2/c1-13(2)27-18-9-4-3-8-17(18)25-19(26)14-11-22-20(23-12-14)24-16-7-5-6-15(21)10-16/h3-13H,1-2H3,(H,25,26)(H,22,23,24). The molecule has 0 aliphatic rings. The van der Waals surface area contributed by atoms with E-state index in [-0.39, 0.29) is 12.0 Å². The van der Waals surface area contributed by atoms with E-state index in [0.717, 1.165) is 5.69 Å². The Kier molecular flexibility index (Phi) is 5.88. The molecule has 0 atom stereocenters. The maximum Gasteiger partial charge on any atom is 0.258 e. The molecule has 27 heavy (non-hydrogen) atoms. The van der Waals surface area contributed by atoms with Crippen molar-refractivity contribution in [3.63, 3.8) is 0 Å². The van der Waals surface area contributed by atoms with Crippen molar-refractivity contribution in [3.8, 4) is 5.75 Å². The number of rotatable bonds is 6. The highest BCUT2D eigenvalue weighted by Gasteiger charge is 2.12. The maximum absolute atomic E-state index is 12.5. The van der Waals surface area contributed by atoms with Crippen molar-refractivity contribution in [2.75, 3.05) is 10.6 Å². The van der Waals surface area contributed by atoms with Crippen LogP contribution in [-0.2, 0) is 0 Å². The zero-order chi connectivity index (χ0) is 19.2. The van der Waals surface area contributed by atoms with E-state index in [4.69, 9.17) is 16.3 Å². The van der Waals surface area contributed by atoms with Crippen molar-refractivity contribution >= 4 is 34.8 Å². The van der Waals surface area contributed by atoms with E-state index in [1.54, 1.807) is 18.2 Å². The average Bonchev–Trinajstić information content (AvgIpc) is 2.63. The van der Waals surface area contributed by atoms with Gasteiger partial charge in [-0.1, -0.05) is 29.8 Å². The SMILES string of the molecule is CC(C)Oc1ccccc1NC(=O)c1cnc(Nc2cccc(Cl)c2)nc1. The number of anilines is 3. The third kappa shape index (κ3) is 5.18. The van der Waals surface area contributed by atoms with Crippen LogP contribution < -0.4 is 15.4 Å². The summed E-state index contributed by atoms with van der Waals surface area (Å²) in [6.45, 7) is 3.86. The quantitative estimate of drug-likeness (QED) is 0.633. The van der Waals surface area contributed by atoms with E-state index in [0.29, 0.717) is 28.0 Å². The Morgan fingerprint density at radius 3 is 2.52 bits per heavy atom. The molecule has 138 valence electrons. The van der Waals surface area contributed by atoms with Crippen LogP contribution in [0.25, 0.3) is 0 Å². The molecule has 3 rings (SSSR count). The highest BCUT2D eigenvalue weighted by molar-refractivity contribution is 6.30.